The third kappa shape index (κ3) is 3.27. The number of aryl methyl sites for hydroxylation is 1. The lowest BCUT2D eigenvalue weighted by Gasteiger charge is -2.10. The number of aromatic carboxylic acids is 2. The van der Waals surface area contributed by atoms with Gasteiger partial charge in [-0.25, -0.2) is 14.6 Å². The largest absolute Gasteiger partial charge is 0.478 e. The first-order chi connectivity index (χ1) is 9.86. The summed E-state index contributed by atoms with van der Waals surface area (Å²) in [5.41, 5.74) is 7.08. The van der Waals surface area contributed by atoms with Gasteiger partial charge in [0.25, 0.3) is 0 Å². The number of hydrogen-bond donors (Lipinski definition) is 4. The van der Waals surface area contributed by atoms with Gasteiger partial charge in [-0.15, -0.1) is 0 Å². The molecule has 7 nitrogen and oxygen atoms in total. The second-order valence-corrected chi connectivity index (χ2v) is 4.48. The number of anilines is 3. The van der Waals surface area contributed by atoms with Gasteiger partial charge in [0.15, 0.2) is 5.82 Å². The molecule has 7 heteroatoms. The summed E-state index contributed by atoms with van der Waals surface area (Å²) >= 11 is 0. The molecule has 2 rings (SSSR count). The second kappa shape index (κ2) is 5.49. The van der Waals surface area contributed by atoms with Gasteiger partial charge in [-0.3, -0.25) is 0 Å². The van der Waals surface area contributed by atoms with Crippen LogP contribution >= 0.6 is 0 Å². The lowest BCUT2D eigenvalue weighted by Crippen LogP contribution is -2.05. The molecule has 0 atom stereocenters. The van der Waals surface area contributed by atoms with Gasteiger partial charge in [-0.1, -0.05) is 0 Å². The Morgan fingerprint density at radius 1 is 1.10 bits per heavy atom. The SMILES string of the molecule is Cc1cnc(Nc2cc(C(=O)O)cc(C(=O)O)c2)c(N)c1. The number of nitrogens with zero attached hydrogens (tertiary/aromatic N) is 1. The first-order valence-electron chi connectivity index (χ1n) is 5.97. The van der Waals surface area contributed by atoms with Gasteiger partial charge in [0.05, 0.1) is 16.8 Å². The van der Waals surface area contributed by atoms with Crippen LogP contribution in [0, 0.1) is 6.92 Å². The smallest absolute Gasteiger partial charge is 0.335 e. The molecule has 108 valence electrons. The first kappa shape index (κ1) is 14.3. The van der Waals surface area contributed by atoms with Gasteiger partial charge in [0.2, 0.25) is 0 Å². The Hall–Kier alpha value is -3.09. The van der Waals surface area contributed by atoms with Crippen molar-refractivity contribution in [2.45, 2.75) is 6.92 Å². The first-order valence-corrected chi connectivity index (χ1v) is 5.97. The minimum atomic E-state index is -1.22. The maximum atomic E-state index is 11.0. The number of rotatable bonds is 4. The van der Waals surface area contributed by atoms with Crippen LogP contribution in [0.15, 0.2) is 30.5 Å². The van der Waals surface area contributed by atoms with Crippen molar-refractivity contribution in [3.63, 3.8) is 0 Å². The van der Waals surface area contributed by atoms with E-state index in [1.54, 1.807) is 12.3 Å². The van der Waals surface area contributed by atoms with Gasteiger partial charge in [-0.2, -0.15) is 0 Å². The minimum absolute atomic E-state index is 0.136. The molecule has 0 unspecified atom stereocenters. The van der Waals surface area contributed by atoms with E-state index >= 15 is 0 Å². The summed E-state index contributed by atoms with van der Waals surface area (Å²) in [6.07, 6.45) is 1.60. The zero-order valence-corrected chi connectivity index (χ0v) is 11.1. The predicted molar refractivity (Wildman–Crippen MR) is 77.0 cm³/mol. The van der Waals surface area contributed by atoms with Crippen LogP contribution in [0.25, 0.3) is 0 Å². The van der Waals surface area contributed by atoms with E-state index in [-0.39, 0.29) is 16.8 Å². The standard InChI is InChI=1S/C14H13N3O4/c1-7-2-11(15)12(16-6-7)17-10-4-8(13(18)19)3-9(5-10)14(20)21/h2-6H,15H2,1H3,(H,16,17)(H,18,19)(H,20,21). The zero-order chi connectivity index (χ0) is 15.6. The summed E-state index contributed by atoms with van der Waals surface area (Å²) in [6, 6.07) is 5.42. The number of carboxylic acid groups (broad SMARTS) is 2. The summed E-state index contributed by atoms with van der Waals surface area (Å²) < 4.78 is 0. The lowest BCUT2D eigenvalue weighted by molar-refractivity contribution is 0.0696. The number of benzene rings is 1. The van der Waals surface area contributed by atoms with Gasteiger partial charge < -0.3 is 21.3 Å². The van der Waals surface area contributed by atoms with Crippen LogP contribution in [-0.4, -0.2) is 27.1 Å². The van der Waals surface area contributed by atoms with E-state index in [0.717, 1.165) is 11.6 Å². The zero-order valence-electron chi connectivity index (χ0n) is 11.1. The van der Waals surface area contributed by atoms with Crippen LogP contribution in [0.2, 0.25) is 0 Å². The van der Waals surface area contributed by atoms with E-state index in [9.17, 15) is 9.59 Å². The number of pyridine rings is 1. The van der Waals surface area contributed by atoms with Gasteiger partial charge in [0.1, 0.15) is 0 Å². The summed E-state index contributed by atoms with van der Waals surface area (Å²) in [6.45, 7) is 1.83. The topological polar surface area (TPSA) is 126 Å². The number of nitrogens with two attached hydrogens (primary N) is 1. The predicted octanol–water partition coefficient (Wildman–Crippen LogP) is 2.11. The monoisotopic (exact) mass is 287 g/mol. The molecular formula is C14H13N3O4. The second-order valence-electron chi connectivity index (χ2n) is 4.48. The van der Waals surface area contributed by atoms with Crippen molar-refractivity contribution in [3.8, 4) is 0 Å². The highest BCUT2D eigenvalue weighted by Crippen LogP contribution is 2.23. The molecule has 0 radical (unpaired) electrons. The fourth-order valence-corrected chi connectivity index (χ4v) is 1.78. The fourth-order valence-electron chi connectivity index (χ4n) is 1.78. The quantitative estimate of drug-likeness (QED) is 0.678. The van der Waals surface area contributed by atoms with Crippen LogP contribution in [0.5, 0.6) is 0 Å². The third-order valence-electron chi connectivity index (χ3n) is 2.74. The Morgan fingerprint density at radius 2 is 1.67 bits per heavy atom. The molecular weight excluding hydrogens is 274 g/mol. The molecule has 0 spiro atoms. The van der Waals surface area contributed by atoms with E-state index in [1.807, 2.05) is 6.92 Å². The number of nitrogens with one attached hydrogen (secondary N) is 1. The normalized spacial score (nSPS) is 10.1. The van der Waals surface area contributed by atoms with Crippen molar-refractivity contribution < 1.29 is 19.8 Å². The molecule has 2 aromatic rings. The van der Waals surface area contributed by atoms with E-state index in [0.29, 0.717) is 11.5 Å². The number of hydrogen-bond acceptors (Lipinski definition) is 5. The van der Waals surface area contributed by atoms with Crippen LogP contribution in [0.1, 0.15) is 26.3 Å². The molecule has 1 heterocycles. The molecule has 0 saturated carbocycles. The molecule has 0 bridgehead atoms. The van der Waals surface area contributed by atoms with E-state index in [1.165, 1.54) is 12.1 Å². The highest BCUT2D eigenvalue weighted by Gasteiger charge is 2.12. The molecule has 21 heavy (non-hydrogen) atoms. The maximum Gasteiger partial charge on any atom is 0.335 e. The molecule has 0 aliphatic carbocycles. The van der Waals surface area contributed by atoms with Crippen LogP contribution < -0.4 is 11.1 Å². The van der Waals surface area contributed by atoms with E-state index < -0.39 is 11.9 Å². The van der Waals surface area contributed by atoms with Crippen molar-refractivity contribution in [3.05, 3.63) is 47.2 Å². The van der Waals surface area contributed by atoms with Crippen LogP contribution in [-0.2, 0) is 0 Å². The highest BCUT2D eigenvalue weighted by molar-refractivity contribution is 5.95. The summed E-state index contributed by atoms with van der Waals surface area (Å²) in [4.78, 5) is 26.2. The molecule has 1 aromatic carbocycles. The van der Waals surface area contributed by atoms with Crippen molar-refractivity contribution in [1.82, 2.24) is 4.98 Å². The molecule has 0 fully saturated rings. The van der Waals surface area contributed by atoms with Crippen LogP contribution in [0.3, 0.4) is 0 Å². The number of nitrogen functional groups attached to an aromatic ring is 1. The number of carboxylic acids is 2. The van der Waals surface area contributed by atoms with Crippen molar-refractivity contribution in [2.24, 2.45) is 0 Å². The van der Waals surface area contributed by atoms with Crippen molar-refractivity contribution >= 4 is 29.1 Å². The Labute approximate surface area is 120 Å². The molecule has 0 aliphatic rings. The van der Waals surface area contributed by atoms with Crippen LogP contribution in [0.4, 0.5) is 17.2 Å². The third-order valence-corrected chi connectivity index (χ3v) is 2.74. The number of aromatic nitrogens is 1. The lowest BCUT2D eigenvalue weighted by atomic mass is 10.1. The molecule has 5 N–H and O–H groups in total. The summed E-state index contributed by atoms with van der Waals surface area (Å²) in [7, 11) is 0. The van der Waals surface area contributed by atoms with Gasteiger partial charge in [-0.05, 0) is 36.8 Å². The molecule has 0 amide bonds. The van der Waals surface area contributed by atoms with Gasteiger partial charge >= 0.3 is 11.9 Å². The molecule has 1 aromatic heterocycles. The molecule has 0 aliphatic heterocycles. The Morgan fingerprint density at radius 3 is 2.14 bits per heavy atom. The minimum Gasteiger partial charge on any atom is -0.478 e. The Balaban J connectivity index is 2.43. The Kier molecular flexibility index (Phi) is 3.75. The maximum absolute atomic E-state index is 11.0. The average Bonchev–Trinajstić information content (AvgIpc) is 2.41. The van der Waals surface area contributed by atoms with E-state index in [4.69, 9.17) is 15.9 Å². The van der Waals surface area contributed by atoms with E-state index in [2.05, 4.69) is 10.3 Å². The van der Waals surface area contributed by atoms with Crippen molar-refractivity contribution in [2.75, 3.05) is 11.1 Å². The Bertz CT molecular complexity index is 696. The van der Waals surface area contributed by atoms with Gasteiger partial charge in [0, 0.05) is 11.9 Å². The molecule has 0 saturated heterocycles. The summed E-state index contributed by atoms with van der Waals surface area (Å²) in [5.74, 6) is -2.10. The average molecular weight is 287 g/mol. The highest BCUT2D eigenvalue weighted by atomic mass is 16.4. The van der Waals surface area contributed by atoms with Crippen molar-refractivity contribution in [1.29, 1.82) is 0 Å². The summed E-state index contributed by atoms with van der Waals surface area (Å²) in [5, 5.41) is 20.9. The fraction of sp³-hybridized carbons (Fsp3) is 0.0714. The number of carbonyl (C=O) groups is 2.